The molecule has 1 aliphatic carbocycles. The lowest BCUT2D eigenvalue weighted by molar-refractivity contribution is -0.914. The molecule has 2 aliphatic rings. The molecule has 1 amide bonds. The molecule has 1 heterocycles. The van der Waals surface area contributed by atoms with Crippen LogP contribution in [0.2, 0.25) is 0 Å². The van der Waals surface area contributed by atoms with Gasteiger partial charge in [-0.2, -0.15) is 0 Å². The van der Waals surface area contributed by atoms with Gasteiger partial charge in [-0.3, -0.25) is 4.79 Å². The molecular weight excluding hydrogens is 317 g/mol. The molecule has 4 nitrogen and oxygen atoms in total. The number of amides is 1. The molecule has 0 spiro atoms. The fourth-order valence-electron chi connectivity index (χ4n) is 4.11. The number of hydrogen-bond acceptors (Lipinski definition) is 2. The molecule has 138 valence electrons. The summed E-state index contributed by atoms with van der Waals surface area (Å²) in [7, 11) is 0. The molecule has 0 unspecified atom stereocenters. The van der Waals surface area contributed by atoms with Gasteiger partial charge in [-0.05, 0) is 49.9 Å². The second-order valence-electron chi connectivity index (χ2n) is 7.59. The minimum Gasteiger partial charge on any atom is -0.360 e. The van der Waals surface area contributed by atoms with Crippen LogP contribution < -0.4 is 15.1 Å². The first kappa shape index (κ1) is 18.2. The molecule has 1 aromatic carbocycles. The van der Waals surface area contributed by atoms with Crippen molar-refractivity contribution in [3.63, 3.8) is 0 Å². The van der Waals surface area contributed by atoms with E-state index in [1.165, 1.54) is 49.1 Å². The molecule has 5 heteroatoms. The fraction of sp³-hybridized carbons (Fsp3) is 0.650. The average molecular weight is 348 g/mol. The molecule has 25 heavy (non-hydrogen) atoms. The number of benzene rings is 1. The third-order valence-corrected chi connectivity index (χ3v) is 5.89. The van der Waals surface area contributed by atoms with E-state index in [0.717, 1.165) is 38.4 Å². The predicted octanol–water partition coefficient (Wildman–Crippen LogP) is 1.62. The zero-order valence-corrected chi connectivity index (χ0v) is 15.3. The van der Waals surface area contributed by atoms with E-state index in [0.29, 0.717) is 5.92 Å². The highest BCUT2D eigenvalue weighted by Crippen LogP contribution is 2.22. The van der Waals surface area contributed by atoms with Crippen molar-refractivity contribution in [2.75, 3.05) is 37.6 Å². The SMILES string of the molecule is C[C@@H](C(=O)NCC1CCCCC1)[NH+]1CCN(c2ccc(F)cc2)CC1. The minimum absolute atomic E-state index is 0.000964. The van der Waals surface area contributed by atoms with Crippen molar-refractivity contribution >= 4 is 11.6 Å². The van der Waals surface area contributed by atoms with Gasteiger partial charge in [-0.15, -0.1) is 0 Å². The molecule has 0 aromatic heterocycles. The van der Waals surface area contributed by atoms with Gasteiger partial charge in [0.2, 0.25) is 0 Å². The Labute approximate surface area is 150 Å². The number of anilines is 1. The highest BCUT2D eigenvalue weighted by molar-refractivity contribution is 5.79. The summed E-state index contributed by atoms with van der Waals surface area (Å²) in [6.07, 6.45) is 6.50. The summed E-state index contributed by atoms with van der Waals surface area (Å²) < 4.78 is 13.1. The summed E-state index contributed by atoms with van der Waals surface area (Å²) in [6, 6.07) is 6.69. The van der Waals surface area contributed by atoms with Crippen LogP contribution in [0, 0.1) is 11.7 Å². The van der Waals surface area contributed by atoms with E-state index < -0.39 is 0 Å². The smallest absolute Gasteiger partial charge is 0.278 e. The molecule has 0 radical (unpaired) electrons. The lowest BCUT2D eigenvalue weighted by Gasteiger charge is -2.36. The van der Waals surface area contributed by atoms with E-state index in [1.54, 1.807) is 0 Å². The average Bonchev–Trinajstić information content (AvgIpc) is 2.67. The first-order chi connectivity index (χ1) is 12.1. The number of nitrogens with one attached hydrogen (secondary N) is 2. The van der Waals surface area contributed by atoms with Crippen molar-refractivity contribution in [2.45, 2.75) is 45.1 Å². The van der Waals surface area contributed by atoms with Gasteiger partial charge in [0.15, 0.2) is 6.04 Å². The fourth-order valence-corrected chi connectivity index (χ4v) is 4.11. The zero-order valence-electron chi connectivity index (χ0n) is 15.3. The van der Waals surface area contributed by atoms with Crippen LogP contribution >= 0.6 is 0 Å². The van der Waals surface area contributed by atoms with E-state index in [4.69, 9.17) is 0 Å². The van der Waals surface area contributed by atoms with Gasteiger partial charge in [0.25, 0.3) is 5.91 Å². The van der Waals surface area contributed by atoms with Crippen LogP contribution in [0.25, 0.3) is 0 Å². The summed E-state index contributed by atoms with van der Waals surface area (Å²) >= 11 is 0. The number of piperazine rings is 1. The maximum Gasteiger partial charge on any atom is 0.278 e. The number of nitrogens with zero attached hydrogens (tertiary/aromatic N) is 1. The summed E-state index contributed by atoms with van der Waals surface area (Å²) in [5, 5.41) is 3.18. The first-order valence-electron chi connectivity index (χ1n) is 9.76. The van der Waals surface area contributed by atoms with Crippen LogP contribution in [0.3, 0.4) is 0 Å². The molecule has 3 rings (SSSR count). The van der Waals surface area contributed by atoms with E-state index in [1.807, 2.05) is 19.1 Å². The first-order valence-corrected chi connectivity index (χ1v) is 9.76. The van der Waals surface area contributed by atoms with Crippen molar-refractivity contribution in [2.24, 2.45) is 5.92 Å². The lowest BCUT2D eigenvalue weighted by atomic mass is 9.89. The molecular formula is C20H31FN3O+. The Morgan fingerprint density at radius 2 is 1.84 bits per heavy atom. The number of hydrogen-bond donors (Lipinski definition) is 2. The Kier molecular flexibility index (Phi) is 6.29. The van der Waals surface area contributed by atoms with E-state index in [9.17, 15) is 9.18 Å². The predicted molar refractivity (Wildman–Crippen MR) is 98.4 cm³/mol. The number of rotatable bonds is 5. The third kappa shape index (κ3) is 4.94. The van der Waals surface area contributed by atoms with E-state index in [2.05, 4.69) is 10.2 Å². The van der Waals surface area contributed by atoms with Gasteiger partial charge in [-0.25, -0.2) is 4.39 Å². The van der Waals surface area contributed by atoms with Gasteiger partial charge < -0.3 is 15.1 Å². The van der Waals surface area contributed by atoms with Crippen molar-refractivity contribution in [1.82, 2.24) is 5.32 Å². The van der Waals surface area contributed by atoms with Crippen molar-refractivity contribution in [3.8, 4) is 0 Å². The van der Waals surface area contributed by atoms with Crippen LogP contribution in [0.1, 0.15) is 39.0 Å². The van der Waals surface area contributed by atoms with Crippen LogP contribution in [-0.2, 0) is 4.79 Å². The Balaban J connectivity index is 1.43. The Hall–Kier alpha value is -1.62. The molecule has 2 N–H and O–H groups in total. The quantitative estimate of drug-likeness (QED) is 0.848. The standard InChI is InChI=1S/C20H30FN3O/c1-16(20(25)22-15-17-5-3-2-4-6-17)23-11-13-24(14-12-23)19-9-7-18(21)8-10-19/h7-10,16-17H,2-6,11-15H2,1H3,(H,22,25)/p+1/t16-/m0/s1. The summed E-state index contributed by atoms with van der Waals surface area (Å²) in [6.45, 7) is 6.57. The molecule has 2 fully saturated rings. The lowest BCUT2D eigenvalue weighted by Crippen LogP contribution is -3.19. The minimum atomic E-state index is -0.198. The Morgan fingerprint density at radius 3 is 2.48 bits per heavy atom. The van der Waals surface area contributed by atoms with Crippen LogP contribution in [0.4, 0.5) is 10.1 Å². The van der Waals surface area contributed by atoms with E-state index in [-0.39, 0.29) is 17.8 Å². The van der Waals surface area contributed by atoms with Crippen LogP contribution in [-0.4, -0.2) is 44.7 Å². The maximum absolute atomic E-state index is 13.1. The molecule has 1 saturated carbocycles. The van der Waals surface area contributed by atoms with Crippen molar-refractivity contribution in [1.29, 1.82) is 0 Å². The summed E-state index contributed by atoms with van der Waals surface area (Å²) in [5.41, 5.74) is 1.06. The normalized spacial score (nSPS) is 21.1. The van der Waals surface area contributed by atoms with Gasteiger partial charge in [0.1, 0.15) is 5.82 Å². The maximum atomic E-state index is 13.1. The topological polar surface area (TPSA) is 36.8 Å². The molecule has 1 atom stereocenters. The van der Waals surface area contributed by atoms with Crippen LogP contribution in [0.15, 0.2) is 24.3 Å². The Bertz CT molecular complexity index is 549. The number of quaternary nitrogens is 1. The number of carbonyl (C=O) groups is 1. The number of halogens is 1. The van der Waals surface area contributed by atoms with E-state index >= 15 is 0 Å². The molecule has 1 saturated heterocycles. The molecule has 1 aliphatic heterocycles. The second-order valence-corrected chi connectivity index (χ2v) is 7.59. The monoisotopic (exact) mass is 348 g/mol. The van der Waals surface area contributed by atoms with Crippen LogP contribution in [0.5, 0.6) is 0 Å². The number of carbonyl (C=O) groups excluding carboxylic acids is 1. The van der Waals surface area contributed by atoms with Gasteiger partial charge in [0.05, 0.1) is 26.2 Å². The van der Waals surface area contributed by atoms with Crippen molar-refractivity contribution in [3.05, 3.63) is 30.1 Å². The van der Waals surface area contributed by atoms with Gasteiger partial charge in [-0.1, -0.05) is 19.3 Å². The summed E-state index contributed by atoms with van der Waals surface area (Å²) in [5.74, 6) is 0.669. The zero-order chi connectivity index (χ0) is 17.6. The molecule has 0 bridgehead atoms. The molecule has 1 aromatic rings. The third-order valence-electron chi connectivity index (χ3n) is 5.89. The second kappa shape index (κ2) is 8.65. The summed E-state index contributed by atoms with van der Waals surface area (Å²) in [4.78, 5) is 16.1. The van der Waals surface area contributed by atoms with Crippen molar-refractivity contribution < 1.29 is 14.1 Å². The largest absolute Gasteiger partial charge is 0.360 e. The van der Waals surface area contributed by atoms with Gasteiger partial charge in [0, 0.05) is 12.2 Å². The highest BCUT2D eigenvalue weighted by atomic mass is 19.1. The Morgan fingerprint density at radius 1 is 1.20 bits per heavy atom. The highest BCUT2D eigenvalue weighted by Gasteiger charge is 2.29. The van der Waals surface area contributed by atoms with Gasteiger partial charge >= 0.3 is 0 Å².